The standard InChI is InChI=1S/C15H19BrN2S/c1-2-10-5-7-15(17,8-6-10)14-18-12-9-11(16)3-4-13(12)19-14/h3-4,9-10H,2,5-8,17H2,1H3. The first-order valence-corrected chi connectivity index (χ1v) is 8.57. The van der Waals surface area contributed by atoms with E-state index < -0.39 is 0 Å². The summed E-state index contributed by atoms with van der Waals surface area (Å²) in [7, 11) is 0. The highest BCUT2D eigenvalue weighted by Crippen LogP contribution is 2.41. The number of rotatable bonds is 2. The monoisotopic (exact) mass is 338 g/mol. The number of hydrogen-bond acceptors (Lipinski definition) is 3. The van der Waals surface area contributed by atoms with Crippen LogP contribution in [0.3, 0.4) is 0 Å². The molecule has 2 N–H and O–H groups in total. The molecule has 4 heteroatoms. The Balaban J connectivity index is 1.91. The van der Waals surface area contributed by atoms with Crippen LogP contribution in [0.4, 0.5) is 0 Å². The second-order valence-corrected chi connectivity index (χ2v) is 7.59. The molecule has 19 heavy (non-hydrogen) atoms. The lowest BCUT2D eigenvalue weighted by Gasteiger charge is -2.35. The summed E-state index contributed by atoms with van der Waals surface area (Å²) < 4.78 is 2.32. The lowest BCUT2D eigenvalue weighted by Crippen LogP contribution is -2.40. The van der Waals surface area contributed by atoms with Gasteiger partial charge in [-0.05, 0) is 49.8 Å². The summed E-state index contributed by atoms with van der Waals surface area (Å²) in [5.41, 5.74) is 7.51. The molecule has 0 radical (unpaired) electrons. The summed E-state index contributed by atoms with van der Waals surface area (Å²) in [5.74, 6) is 0.861. The van der Waals surface area contributed by atoms with Crippen LogP contribution in [-0.2, 0) is 5.54 Å². The molecule has 2 aromatic rings. The van der Waals surface area contributed by atoms with Gasteiger partial charge in [-0.2, -0.15) is 0 Å². The Kier molecular flexibility index (Phi) is 3.67. The van der Waals surface area contributed by atoms with Gasteiger partial charge in [-0.25, -0.2) is 4.98 Å². The van der Waals surface area contributed by atoms with Gasteiger partial charge < -0.3 is 5.73 Å². The first-order valence-electron chi connectivity index (χ1n) is 6.96. The molecule has 1 aromatic carbocycles. The van der Waals surface area contributed by atoms with Crippen molar-refractivity contribution in [3.63, 3.8) is 0 Å². The van der Waals surface area contributed by atoms with Gasteiger partial charge in [0.05, 0.1) is 15.8 Å². The number of nitrogens with zero attached hydrogens (tertiary/aromatic N) is 1. The molecule has 102 valence electrons. The van der Waals surface area contributed by atoms with E-state index in [9.17, 15) is 0 Å². The summed E-state index contributed by atoms with van der Waals surface area (Å²) in [4.78, 5) is 4.78. The summed E-state index contributed by atoms with van der Waals surface area (Å²) in [6.45, 7) is 2.28. The Morgan fingerprint density at radius 1 is 1.42 bits per heavy atom. The third-order valence-corrected chi connectivity index (χ3v) is 6.10. The predicted octanol–water partition coefficient (Wildman–Crippen LogP) is 4.81. The molecule has 1 heterocycles. The van der Waals surface area contributed by atoms with Crippen LogP contribution < -0.4 is 5.73 Å². The van der Waals surface area contributed by atoms with Crippen molar-refractivity contribution in [3.8, 4) is 0 Å². The molecule has 0 amide bonds. The predicted molar refractivity (Wildman–Crippen MR) is 85.4 cm³/mol. The molecule has 0 spiro atoms. The zero-order chi connectivity index (χ0) is 13.5. The van der Waals surface area contributed by atoms with E-state index in [-0.39, 0.29) is 5.54 Å². The van der Waals surface area contributed by atoms with Crippen molar-refractivity contribution in [1.29, 1.82) is 0 Å². The molecule has 3 rings (SSSR count). The molecule has 0 aliphatic heterocycles. The number of aromatic nitrogens is 1. The van der Waals surface area contributed by atoms with E-state index >= 15 is 0 Å². The minimum Gasteiger partial charge on any atom is -0.319 e. The minimum atomic E-state index is -0.193. The summed E-state index contributed by atoms with van der Waals surface area (Å²) in [6.07, 6.45) is 5.92. The Labute approximate surface area is 126 Å². The fraction of sp³-hybridized carbons (Fsp3) is 0.533. The molecule has 1 aliphatic rings. The molecule has 1 saturated carbocycles. The van der Waals surface area contributed by atoms with Crippen molar-refractivity contribution in [2.24, 2.45) is 11.7 Å². The fourth-order valence-electron chi connectivity index (χ4n) is 2.93. The van der Waals surface area contributed by atoms with Gasteiger partial charge in [0.25, 0.3) is 0 Å². The van der Waals surface area contributed by atoms with Gasteiger partial charge in [0.1, 0.15) is 5.01 Å². The Morgan fingerprint density at radius 2 is 2.16 bits per heavy atom. The molecule has 1 aliphatic carbocycles. The molecule has 1 fully saturated rings. The van der Waals surface area contributed by atoms with Gasteiger partial charge >= 0.3 is 0 Å². The van der Waals surface area contributed by atoms with Crippen LogP contribution in [0.2, 0.25) is 0 Å². The second-order valence-electron chi connectivity index (χ2n) is 5.64. The number of benzene rings is 1. The lowest BCUT2D eigenvalue weighted by atomic mass is 9.76. The van der Waals surface area contributed by atoms with Gasteiger partial charge in [-0.3, -0.25) is 0 Å². The van der Waals surface area contributed by atoms with E-state index in [0.29, 0.717) is 0 Å². The Morgan fingerprint density at radius 3 is 2.84 bits per heavy atom. The van der Waals surface area contributed by atoms with Crippen LogP contribution >= 0.6 is 27.3 Å². The van der Waals surface area contributed by atoms with Gasteiger partial charge in [-0.1, -0.05) is 29.3 Å². The molecular weight excluding hydrogens is 320 g/mol. The van der Waals surface area contributed by atoms with Crippen molar-refractivity contribution in [2.75, 3.05) is 0 Å². The first-order chi connectivity index (χ1) is 9.10. The average Bonchev–Trinajstić information content (AvgIpc) is 2.83. The topological polar surface area (TPSA) is 38.9 Å². The number of thiazole rings is 1. The van der Waals surface area contributed by atoms with Crippen molar-refractivity contribution in [1.82, 2.24) is 4.98 Å². The molecule has 1 aromatic heterocycles. The van der Waals surface area contributed by atoms with Crippen molar-refractivity contribution < 1.29 is 0 Å². The van der Waals surface area contributed by atoms with Crippen LogP contribution in [-0.4, -0.2) is 4.98 Å². The molecule has 2 nitrogen and oxygen atoms in total. The van der Waals surface area contributed by atoms with Crippen LogP contribution in [0.1, 0.15) is 44.0 Å². The van der Waals surface area contributed by atoms with E-state index in [4.69, 9.17) is 10.7 Å². The first kappa shape index (κ1) is 13.5. The van der Waals surface area contributed by atoms with E-state index in [0.717, 1.165) is 33.8 Å². The van der Waals surface area contributed by atoms with E-state index in [1.807, 2.05) is 0 Å². The molecular formula is C15H19BrN2S. The number of halogens is 1. The van der Waals surface area contributed by atoms with Crippen LogP contribution in [0.5, 0.6) is 0 Å². The molecule has 0 saturated heterocycles. The zero-order valence-corrected chi connectivity index (χ0v) is 13.6. The third-order valence-electron chi connectivity index (χ3n) is 4.35. The summed E-state index contributed by atoms with van der Waals surface area (Å²) in [6, 6.07) is 6.28. The van der Waals surface area contributed by atoms with Gasteiger partial charge in [0.15, 0.2) is 0 Å². The fourth-order valence-corrected chi connectivity index (χ4v) is 4.38. The quantitative estimate of drug-likeness (QED) is 0.852. The summed E-state index contributed by atoms with van der Waals surface area (Å²) >= 11 is 5.26. The lowest BCUT2D eigenvalue weighted by molar-refractivity contribution is 0.231. The van der Waals surface area contributed by atoms with Crippen LogP contribution in [0.15, 0.2) is 22.7 Å². The largest absolute Gasteiger partial charge is 0.319 e. The summed E-state index contributed by atoms with van der Waals surface area (Å²) in [5, 5.41) is 1.12. The number of hydrogen-bond donors (Lipinski definition) is 1. The third kappa shape index (κ3) is 2.58. The smallest absolute Gasteiger partial charge is 0.114 e. The van der Waals surface area contributed by atoms with E-state index in [1.165, 1.54) is 24.0 Å². The second kappa shape index (κ2) is 5.15. The maximum atomic E-state index is 6.64. The normalized spacial score (nSPS) is 27.8. The van der Waals surface area contributed by atoms with Gasteiger partial charge in [0.2, 0.25) is 0 Å². The number of fused-ring (bicyclic) bond motifs is 1. The number of nitrogens with two attached hydrogens (primary N) is 1. The maximum Gasteiger partial charge on any atom is 0.114 e. The highest BCUT2D eigenvalue weighted by molar-refractivity contribution is 9.10. The van der Waals surface area contributed by atoms with Crippen LogP contribution in [0, 0.1) is 5.92 Å². The van der Waals surface area contributed by atoms with E-state index in [1.54, 1.807) is 11.3 Å². The van der Waals surface area contributed by atoms with Crippen molar-refractivity contribution in [3.05, 3.63) is 27.7 Å². The Hall–Kier alpha value is -0.450. The Bertz CT molecular complexity index is 585. The minimum absolute atomic E-state index is 0.193. The van der Waals surface area contributed by atoms with E-state index in [2.05, 4.69) is 41.1 Å². The van der Waals surface area contributed by atoms with Crippen molar-refractivity contribution in [2.45, 2.75) is 44.6 Å². The molecule has 0 unspecified atom stereocenters. The zero-order valence-electron chi connectivity index (χ0n) is 11.2. The van der Waals surface area contributed by atoms with Crippen molar-refractivity contribution >= 4 is 37.5 Å². The SMILES string of the molecule is CCC1CCC(N)(c2nc3cc(Br)ccc3s2)CC1. The maximum absolute atomic E-state index is 6.64. The van der Waals surface area contributed by atoms with Gasteiger partial charge in [-0.15, -0.1) is 11.3 Å². The van der Waals surface area contributed by atoms with Gasteiger partial charge in [0, 0.05) is 4.47 Å². The highest BCUT2D eigenvalue weighted by atomic mass is 79.9. The highest BCUT2D eigenvalue weighted by Gasteiger charge is 2.35. The molecule has 0 bridgehead atoms. The molecule has 0 atom stereocenters. The van der Waals surface area contributed by atoms with Crippen LogP contribution in [0.25, 0.3) is 10.2 Å². The average molecular weight is 339 g/mol.